The Bertz CT molecular complexity index is 717. The molecule has 1 heterocycles. The maximum atomic E-state index is 12.2. The molecular formula is C17H12BrNO2. The highest BCUT2D eigenvalue weighted by atomic mass is 79.9. The smallest absolute Gasteiger partial charge is 0.261 e. The number of hydrogen-bond acceptors (Lipinski definition) is 2. The van der Waals surface area contributed by atoms with Crippen molar-refractivity contribution in [3.63, 3.8) is 0 Å². The van der Waals surface area contributed by atoms with Crippen LogP contribution in [0.4, 0.5) is 0 Å². The van der Waals surface area contributed by atoms with Crippen molar-refractivity contribution in [2.45, 2.75) is 0 Å². The summed E-state index contributed by atoms with van der Waals surface area (Å²) in [6.45, 7) is 0.277. The summed E-state index contributed by atoms with van der Waals surface area (Å²) in [6.07, 6.45) is 3.72. The Morgan fingerprint density at radius 3 is 2.24 bits per heavy atom. The van der Waals surface area contributed by atoms with Crippen LogP contribution in [0.25, 0.3) is 6.08 Å². The van der Waals surface area contributed by atoms with Gasteiger partial charge in [-0.05, 0) is 29.8 Å². The van der Waals surface area contributed by atoms with Gasteiger partial charge in [-0.2, -0.15) is 0 Å². The topological polar surface area (TPSA) is 37.4 Å². The van der Waals surface area contributed by atoms with Crippen molar-refractivity contribution in [2.75, 3.05) is 6.54 Å². The van der Waals surface area contributed by atoms with Crippen molar-refractivity contribution in [3.05, 3.63) is 75.8 Å². The van der Waals surface area contributed by atoms with Crippen LogP contribution in [-0.4, -0.2) is 23.3 Å². The van der Waals surface area contributed by atoms with Crippen LogP contribution in [-0.2, 0) is 0 Å². The van der Waals surface area contributed by atoms with Crippen molar-refractivity contribution >= 4 is 33.8 Å². The monoisotopic (exact) mass is 341 g/mol. The van der Waals surface area contributed by atoms with E-state index in [0.717, 1.165) is 10.0 Å². The van der Waals surface area contributed by atoms with Crippen LogP contribution < -0.4 is 0 Å². The van der Waals surface area contributed by atoms with Gasteiger partial charge in [0.1, 0.15) is 0 Å². The van der Waals surface area contributed by atoms with E-state index >= 15 is 0 Å². The van der Waals surface area contributed by atoms with E-state index in [1.54, 1.807) is 24.3 Å². The molecular weight excluding hydrogens is 330 g/mol. The van der Waals surface area contributed by atoms with E-state index in [0.29, 0.717) is 11.1 Å². The summed E-state index contributed by atoms with van der Waals surface area (Å²) in [6, 6.07) is 14.7. The second-order valence-corrected chi connectivity index (χ2v) is 5.64. The molecule has 0 atom stereocenters. The van der Waals surface area contributed by atoms with Crippen molar-refractivity contribution in [1.82, 2.24) is 4.90 Å². The third kappa shape index (κ3) is 2.67. The van der Waals surface area contributed by atoms with Crippen LogP contribution in [0.2, 0.25) is 0 Å². The van der Waals surface area contributed by atoms with E-state index in [4.69, 9.17) is 0 Å². The fourth-order valence-electron chi connectivity index (χ4n) is 2.31. The van der Waals surface area contributed by atoms with Gasteiger partial charge < -0.3 is 0 Å². The third-order valence-corrected chi connectivity index (χ3v) is 3.82. The highest BCUT2D eigenvalue weighted by Gasteiger charge is 2.33. The van der Waals surface area contributed by atoms with Crippen LogP contribution in [0.5, 0.6) is 0 Å². The normalized spacial score (nSPS) is 14.0. The van der Waals surface area contributed by atoms with Crippen molar-refractivity contribution in [2.24, 2.45) is 0 Å². The molecule has 0 spiro atoms. The standard InChI is InChI=1S/C17H12BrNO2/c18-13-7-3-5-12(11-13)6-4-10-19-16(20)14-8-1-2-9-15(14)17(19)21/h1-9,11H,10H2/b6-4+. The van der Waals surface area contributed by atoms with Crippen LogP contribution in [0.15, 0.2) is 59.1 Å². The summed E-state index contributed by atoms with van der Waals surface area (Å²) >= 11 is 3.41. The second kappa shape index (κ2) is 5.66. The van der Waals surface area contributed by atoms with Gasteiger partial charge >= 0.3 is 0 Å². The van der Waals surface area contributed by atoms with E-state index < -0.39 is 0 Å². The molecule has 3 rings (SSSR count). The fraction of sp³-hybridized carbons (Fsp3) is 0.0588. The molecule has 2 aromatic rings. The first-order chi connectivity index (χ1) is 10.2. The minimum absolute atomic E-state index is 0.227. The van der Waals surface area contributed by atoms with Gasteiger partial charge in [-0.15, -0.1) is 0 Å². The molecule has 0 bridgehead atoms. The molecule has 0 unspecified atom stereocenters. The van der Waals surface area contributed by atoms with E-state index in [9.17, 15) is 9.59 Å². The Morgan fingerprint density at radius 1 is 0.952 bits per heavy atom. The summed E-state index contributed by atoms with van der Waals surface area (Å²) < 4.78 is 0.991. The summed E-state index contributed by atoms with van der Waals surface area (Å²) in [5.74, 6) is -0.455. The molecule has 104 valence electrons. The molecule has 4 heteroatoms. The lowest BCUT2D eigenvalue weighted by Gasteiger charge is -2.10. The molecule has 0 N–H and O–H groups in total. The van der Waals surface area contributed by atoms with E-state index in [1.165, 1.54) is 4.90 Å². The van der Waals surface area contributed by atoms with Crippen LogP contribution in [0.3, 0.4) is 0 Å². The number of carbonyl (C=O) groups excluding carboxylic acids is 2. The van der Waals surface area contributed by atoms with Gasteiger partial charge in [0.05, 0.1) is 11.1 Å². The molecule has 0 radical (unpaired) electrons. The van der Waals surface area contributed by atoms with E-state index in [2.05, 4.69) is 15.9 Å². The summed E-state index contributed by atoms with van der Waals surface area (Å²) in [5.41, 5.74) is 1.98. The van der Waals surface area contributed by atoms with Gasteiger partial charge in [-0.3, -0.25) is 14.5 Å². The minimum atomic E-state index is -0.227. The Kier molecular flexibility index (Phi) is 3.71. The molecule has 3 nitrogen and oxygen atoms in total. The first-order valence-electron chi connectivity index (χ1n) is 6.54. The average Bonchev–Trinajstić information content (AvgIpc) is 2.73. The molecule has 21 heavy (non-hydrogen) atoms. The highest BCUT2D eigenvalue weighted by molar-refractivity contribution is 9.10. The first-order valence-corrected chi connectivity index (χ1v) is 7.33. The van der Waals surface area contributed by atoms with Crippen molar-refractivity contribution in [3.8, 4) is 0 Å². The summed E-state index contributed by atoms with van der Waals surface area (Å²) in [4.78, 5) is 25.6. The molecule has 2 amide bonds. The number of benzene rings is 2. The molecule has 0 aromatic heterocycles. The van der Waals surface area contributed by atoms with Crippen LogP contribution in [0.1, 0.15) is 26.3 Å². The number of carbonyl (C=O) groups is 2. The predicted octanol–water partition coefficient (Wildman–Crippen LogP) is 3.76. The maximum Gasteiger partial charge on any atom is 0.261 e. The molecule has 1 aliphatic rings. The highest BCUT2D eigenvalue weighted by Crippen LogP contribution is 2.22. The second-order valence-electron chi connectivity index (χ2n) is 4.72. The van der Waals surface area contributed by atoms with Crippen molar-refractivity contribution in [1.29, 1.82) is 0 Å². The third-order valence-electron chi connectivity index (χ3n) is 3.33. The molecule has 1 aliphatic heterocycles. The average molecular weight is 342 g/mol. The van der Waals surface area contributed by atoms with Crippen LogP contribution in [0, 0.1) is 0 Å². The summed E-state index contributed by atoms with van der Waals surface area (Å²) in [5, 5.41) is 0. The van der Waals surface area contributed by atoms with Gasteiger partial charge in [0.25, 0.3) is 11.8 Å². The zero-order chi connectivity index (χ0) is 14.8. The molecule has 0 aliphatic carbocycles. The molecule has 2 aromatic carbocycles. The Balaban J connectivity index is 1.75. The molecule has 0 saturated heterocycles. The summed E-state index contributed by atoms with van der Waals surface area (Å²) in [7, 11) is 0. The van der Waals surface area contributed by atoms with E-state index in [-0.39, 0.29) is 18.4 Å². The number of hydrogen-bond donors (Lipinski definition) is 0. The zero-order valence-corrected chi connectivity index (χ0v) is 12.7. The van der Waals surface area contributed by atoms with Gasteiger partial charge in [0, 0.05) is 11.0 Å². The minimum Gasteiger partial charge on any atom is -0.270 e. The van der Waals surface area contributed by atoms with Gasteiger partial charge in [0.15, 0.2) is 0 Å². The largest absolute Gasteiger partial charge is 0.270 e. The van der Waals surface area contributed by atoms with E-state index in [1.807, 2.05) is 36.4 Å². The Labute approximate surface area is 131 Å². The fourth-order valence-corrected chi connectivity index (χ4v) is 2.73. The number of rotatable bonds is 3. The Morgan fingerprint density at radius 2 is 1.62 bits per heavy atom. The molecule has 0 saturated carbocycles. The lowest BCUT2D eigenvalue weighted by molar-refractivity contribution is 0.0672. The Hall–Kier alpha value is -2.20. The van der Waals surface area contributed by atoms with Gasteiger partial charge in [0.2, 0.25) is 0 Å². The SMILES string of the molecule is O=C1c2ccccc2C(=O)N1C/C=C/c1cccc(Br)c1. The van der Waals surface area contributed by atoms with Gasteiger partial charge in [-0.25, -0.2) is 0 Å². The quantitative estimate of drug-likeness (QED) is 0.797. The number of amides is 2. The molecule has 0 fully saturated rings. The van der Waals surface area contributed by atoms with Crippen molar-refractivity contribution < 1.29 is 9.59 Å². The predicted molar refractivity (Wildman–Crippen MR) is 85.0 cm³/mol. The number of halogens is 1. The number of imide groups is 1. The van der Waals surface area contributed by atoms with Crippen LogP contribution >= 0.6 is 15.9 Å². The lowest BCUT2D eigenvalue weighted by Crippen LogP contribution is -2.29. The zero-order valence-electron chi connectivity index (χ0n) is 11.1. The lowest BCUT2D eigenvalue weighted by atomic mass is 10.1. The van der Waals surface area contributed by atoms with Gasteiger partial charge in [-0.1, -0.05) is 52.3 Å². The first kappa shape index (κ1) is 13.8. The maximum absolute atomic E-state index is 12.2. The number of nitrogens with zero attached hydrogens (tertiary/aromatic N) is 1. The number of fused-ring (bicyclic) bond motifs is 1.